The molecular formula is C24H30N2O2S. The van der Waals surface area contributed by atoms with Crippen molar-refractivity contribution in [2.75, 3.05) is 26.2 Å². The number of thiophene rings is 1. The van der Waals surface area contributed by atoms with E-state index in [2.05, 4.69) is 13.0 Å². The first-order valence-electron chi connectivity index (χ1n) is 10.6. The first-order chi connectivity index (χ1) is 13.9. The average Bonchev–Trinajstić information content (AvgIpc) is 3.16. The Balaban J connectivity index is 1.39. The highest BCUT2D eigenvalue weighted by atomic mass is 32.1. The van der Waals surface area contributed by atoms with E-state index in [1.807, 2.05) is 54.0 Å². The van der Waals surface area contributed by atoms with Crippen molar-refractivity contribution >= 4 is 23.2 Å². The molecule has 4 rings (SSSR count). The number of carbonyl (C=O) groups is 2. The minimum Gasteiger partial charge on any atom is -0.338 e. The maximum Gasteiger partial charge on any atom is 0.264 e. The van der Waals surface area contributed by atoms with E-state index >= 15 is 0 Å². The predicted molar refractivity (Wildman–Crippen MR) is 117 cm³/mol. The van der Waals surface area contributed by atoms with Gasteiger partial charge in [0.15, 0.2) is 0 Å². The SMILES string of the molecule is CC1CCc2sc(C(=O)N3CCN(C(=O)C(C)(C)c4ccccc4)CC3)cc2C1. The molecule has 0 bridgehead atoms. The fourth-order valence-electron chi connectivity index (χ4n) is 4.45. The van der Waals surface area contributed by atoms with Gasteiger partial charge in [-0.15, -0.1) is 11.3 Å². The second-order valence-corrected chi connectivity index (χ2v) is 10.1. The molecule has 5 heteroatoms. The number of benzene rings is 1. The monoisotopic (exact) mass is 410 g/mol. The Kier molecular flexibility index (Phi) is 5.52. The summed E-state index contributed by atoms with van der Waals surface area (Å²) in [6, 6.07) is 12.1. The summed E-state index contributed by atoms with van der Waals surface area (Å²) in [5, 5.41) is 0. The molecule has 2 heterocycles. The van der Waals surface area contributed by atoms with Gasteiger partial charge in [0.25, 0.3) is 5.91 Å². The summed E-state index contributed by atoms with van der Waals surface area (Å²) < 4.78 is 0. The van der Waals surface area contributed by atoms with E-state index in [1.165, 1.54) is 16.9 Å². The van der Waals surface area contributed by atoms with Crippen LogP contribution in [0.4, 0.5) is 0 Å². The largest absolute Gasteiger partial charge is 0.338 e. The van der Waals surface area contributed by atoms with Crippen molar-refractivity contribution in [1.29, 1.82) is 0 Å². The molecule has 4 nitrogen and oxygen atoms in total. The summed E-state index contributed by atoms with van der Waals surface area (Å²) in [4.78, 5) is 32.3. The number of piperazine rings is 1. The van der Waals surface area contributed by atoms with Crippen LogP contribution < -0.4 is 0 Å². The van der Waals surface area contributed by atoms with Gasteiger partial charge in [-0.25, -0.2) is 0 Å². The molecule has 1 atom stereocenters. The van der Waals surface area contributed by atoms with Gasteiger partial charge in [-0.1, -0.05) is 37.3 Å². The third kappa shape index (κ3) is 3.97. The molecular weight excluding hydrogens is 380 g/mol. The first kappa shape index (κ1) is 20.1. The zero-order valence-electron chi connectivity index (χ0n) is 17.6. The zero-order chi connectivity index (χ0) is 20.6. The number of hydrogen-bond acceptors (Lipinski definition) is 3. The van der Waals surface area contributed by atoms with Crippen molar-refractivity contribution in [2.24, 2.45) is 5.92 Å². The summed E-state index contributed by atoms with van der Waals surface area (Å²) in [5.74, 6) is 0.977. The van der Waals surface area contributed by atoms with Crippen LogP contribution in [0.2, 0.25) is 0 Å². The molecule has 2 aliphatic rings. The molecule has 1 saturated heterocycles. The minimum absolute atomic E-state index is 0.131. The van der Waals surface area contributed by atoms with E-state index in [0.29, 0.717) is 32.1 Å². The maximum atomic E-state index is 13.2. The molecule has 1 aliphatic heterocycles. The Morgan fingerprint density at radius 2 is 1.69 bits per heavy atom. The smallest absolute Gasteiger partial charge is 0.264 e. The van der Waals surface area contributed by atoms with Gasteiger partial charge in [0.2, 0.25) is 5.91 Å². The molecule has 1 aliphatic carbocycles. The van der Waals surface area contributed by atoms with Gasteiger partial charge in [0, 0.05) is 31.1 Å². The van der Waals surface area contributed by atoms with Crippen molar-refractivity contribution in [3.05, 3.63) is 57.3 Å². The topological polar surface area (TPSA) is 40.6 Å². The minimum atomic E-state index is -0.559. The number of aryl methyl sites for hydroxylation is 1. The fourth-order valence-corrected chi connectivity index (χ4v) is 5.63. The fraction of sp³-hybridized carbons (Fsp3) is 0.500. The van der Waals surface area contributed by atoms with Crippen LogP contribution in [0.3, 0.4) is 0 Å². The van der Waals surface area contributed by atoms with Gasteiger partial charge >= 0.3 is 0 Å². The van der Waals surface area contributed by atoms with Gasteiger partial charge < -0.3 is 9.80 Å². The molecule has 0 N–H and O–H groups in total. The summed E-state index contributed by atoms with van der Waals surface area (Å²) in [6.07, 6.45) is 3.42. The quantitative estimate of drug-likeness (QED) is 0.763. The number of nitrogens with zero attached hydrogens (tertiary/aromatic N) is 2. The van der Waals surface area contributed by atoms with E-state index in [-0.39, 0.29) is 11.8 Å². The Bertz CT molecular complexity index is 895. The van der Waals surface area contributed by atoms with Crippen LogP contribution in [0, 0.1) is 5.92 Å². The second-order valence-electron chi connectivity index (χ2n) is 8.98. The molecule has 154 valence electrons. The van der Waals surface area contributed by atoms with Gasteiger partial charge in [-0.2, -0.15) is 0 Å². The summed E-state index contributed by atoms with van der Waals surface area (Å²) >= 11 is 1.68. The molecule has 29 heavy (non-hydrogen) atoms. The molecule has 1 fully saturated rings. The van der Waals surface area contributed by atoms with Crippen LogP contribution in [-0.4, -0.2) is 47.8 Å². The van der Waals surface area contributed by atoms with Crippen molar-refractivity contribution in [1.82, 2.24) is 9.80 Å². The standard InChI is InChI=1S/C24H30N2O2S/c1-17-9-10-20-18(15-17)16-21(29-20)22(27)25-11-13-26(14-12-25)23(28)24(2,3)19-7-5-4-6-8-19/h4-8,16-17H,9-15H2,1-3H3. The van der Waals surface area contributed by atoms with Gasteiger partial charge in [0.05, 0.1) is 10.3 Å². The number of carbonyl (C=O) groups excluding carboxylic acids is 2. The number of amides is 2. The molecule has 0 spiro atoms. The van der Waals surface area contributed by atoms with Crippen LogP contribution >= 0.6 is 11.3 Å². The van der Waals surface area contributed by atoms with Crippen molar-refractivity contribution in [2.45, 2.75) is 45.4 Å². The van der Waals surface area contributed by atoms with E-state index in [1.54, 1.807) is 11.3 Å². The lowest BCUT2D eigenvalue weighted by molar-refractivity contribution is -0.137. The number of hydrogen-bond donors (Lipinski definition) is 0. The summed E-state index contributed by atoms with van der Waals surface area (Å²) in [5.41, 5.74) is 1.84. The van der Waals surface area contributed by atoms with Gasteiger partial charge in [-0.3, -0.25) is 9.59 Å². The first-order valence-corrected chi connectivity index (χ1v) is 11.4. The molecule has 0 saturated carbocycles. The molecule has 1 aromatic carbocycles. The Labute approximate surface area is 177 Å². The zero-order valence-corrected chi connectivity index (χ0v) is 18.4. The van der Waals surface area contributed by atoms with Crippen molar-refractivity contribution in [3.8, 4) is 0 Å². The highest BCUT2D eigenvalue weighted by Crippen LogP contribution is 2.33. The lowest BCUT2D eigenvalue weighted by Crippen LogP contribution is -2.54. The molecule has 2 amide bonds. The molecule has 0 radical (unpaired) electrons. The molecule has 2 aromatic rings. The van der Waals surface area contributed by atoms with Crippen LogP contribution in [0.15, 0.2) is 36.4 Å². The molecule has 1 aromatic heterocycles. The Morgan fingerprint density at radius 1 is 1.03 bits per heavy atom. The van der Waals surface area contributed by atoms with Crippen LogP contribution in [-0.2, 0) is 23.1 Å². The maximum absolute atomic E-state index is 13.2. The van der Waals surface area contributed by atoms with E-state index in [9.17, 15) is 9.59 Å². The van der Waals surface area contributed by atoms with Gasteiger partial charge in [-0.05, 0) is 56.2 Å². The lowest BCUT2D eigenvalue weighted by atomic mass is 9.83. The Hall–Kier alpha value is -2.14. The van der Waals surface area contributed by atoms with Crippen LogP contribution in [0.25, 0.3) is 0 Å². The van der Waals surface area contributed by atoms with E-state index in [4.69, 9.17) is 0 Å². The highest BCUT2D eigenvalue weighted by Gasteiger charge is 2.36. The normalized spacial score (nSPS) is 19.8. The third-order valence-corrected chi connectivity index (χ3v) is 7.65. The summed E-state index contributed by atoms with van der Waals surface area (Å²) in [6.45, 7) is 8.67. The number of fused-ring (bicyclic) bond motifs is 1. The van der Waals surface area contributed by atoms with Crippen molar-refractivity contribution < 1.29 is 9.59 Å². The van der Waals surface area contributed by atoms with Crippen molar-refractivity contribution in [3.63, 3.8) is 0 Å². The Morgan fingerprint density at radius 3 is 2.38 bits per heavy atom. The van der Waals surface area contributed by atoms with E-state index in [0.717, 1.165) is 23.3 Å². The van der Waals surface area contributed by atoms with E-state index < -0.39 is 5.41 Å². The number of rotatable bonds is 3. The average molecular weight is 411 g/mol. The summed E-state index contributed by atoms with van der Waals surface area (Å²) in [7, 11) is 0. The molecule has 1 unspecified atom stereocenters. The lowest BCUT2D eigenvalue weighted by Gasteiger charge is -2.38. The van der Waals surface area contributed by atoms with Crippen LogP contribution in [0.5, 0.6) is 0 Å². The highest BCUT2D eigenvalue weighted by molar-refractivity contribution is 7.14. The van der Waals surface area contributed by atoms with Gasteiger partial charge in [0.1, 0.15) is 0 Å². The van der Waals surface area contributed by atoms with Crippen LogP contribution in [0.1, 0.15) is 52.9 Å². The third-order valence-electron chi connectivity index (χ3n) is 6.42. The predicted octanol–water partition coefficient (Wildman–Crippen LogP) is 4.14. The second kappa shape index (κ2) is 7.94.